The minimum atomic E-state index is -0.770. The lowest BCUT2D eigenvalue weighted by molar-refractivity contribution is 0.0520. The molecule has 2 aromatic rings. The number of hydrogen-bond acceptors (Lipinski definition) is 8. The van der Waals surface area contributed by atoms with Gasteiger partial charge in [-0.15, -0.1) is 0 Å². The number of benzene rings is 2. The standard InChI is InChI=1S/C20H20N2O2S4/c25-17(19(21-11-13-23-19)15-7-3-1-4-8-15)27-28-18(26)20(22-12-14-24-20)16-9-5-2-6-10-16/h1-10,21-22H,11-14H2. The summed E-state index contributed by atoms with van der Waals surface area (Å²) in [5.41, 5.74) is 0.468. The molecule has 2 unspecified atom stereocenters. The highest BCUT2D eigenvalue weighted by Gasteiger charge is 2.44. The molecule has 2 aliphatic rings. The zero-order valence-electron chi connectivity index (χ0n) is 15.1. The van der Waals surface area contributed by atoms with Gasteiger partial charge in [0.2, 0.25) is 0 Å². The van der Waals surface area contributed by atoms with E-state index < -0.39 is 11.4 Å². The monoisotopic (exact) mass is 448 g/mol. The second-order valence-electron chi connectivity index (χ2n) is 6.39. The van der Waals surface area contributed by atoms with Crippen molar-refractivity contribution in [3.8, 4) is 0 Å². The lowest BCUT2D eigenvalue weighted by atomic mass is 10.1. The van der Waals surface area contributed by atoms with Crippen LogP contribution in [0.3, 0.4) is 0 Å². The maximum atomic E-state index is 6.08. The molecular weight excluding hydrogens is 429 g/mol. The summed E-state index contributed by atoms with van der Waals surface area (Å²) < 4.78 is 13.6. The van der Waals surface area contributed by atoms with Gasteiger partial charge in [-0.2, -0.15) is 0 Å². The zero-order chi connectivity index (χ0) is 19.5. The maximum absolute atomic E-state index is 6.08. The number of hydrogen-bond donors (Lipinski definition) is 2. The van der Waals surface area contributed by atoms with E-state index in [1.165, 1.54) is 21.6 Å². The highest BCUT2D eigenvalue weighted by atomic mass is 33.1. The lowest BCUT2D eigenvalue weighted by Gasteiger charge is -2.31. The third-order valence-corrected chi connectivity index (χ3v) is 8.64. The molecule has 8 heteroatoms. The van der Waals surface area contributed by atoms with Crippen molar-refractivity contribution in [3.05, 3.63) is 71.8 Å². The summed E-state index contributed by atoms with van der Waals surface area (Å²) in [6.45, 7) is 2.74. The Hall–Kier alpha value is -0.840. The number of thiocarbonyl (C=S) groups is 2. The SMILES string of the molecule is S=C(SSC(=S)C1(c2ccccc2)NCCO1)C1(c2ccccc2)NCCO1. The first-order valence-electron chi connectivity index (χ1n) is 9.00. The van der Waals surface area contributed by atoms with E-state index in [1.807, 2.05) is 60.7 Å². The van der Waals surface area contributed by atoms with Crippen molar-refractivity contribution >= 4 is 54.4 Å². The third kappa shape index (κ3) is 3.80. The molecule has 146 valence electrons. The van der Waals surface area contributed by atoms with Crippen LogP contribution in [0.4, 0.5) is 0 Å². The van der Waals surface area contributed by atoms with Crippen LogP contribution in [0.2, 0.25) is 0 Å². The Kier molecular flexibility index (Phi) is 6.49. The first-order valence-corrected chi connectivity index (χ1v) is 12.0. The number of ether oxygens (including phenoxy) is 2. The molecule has 0 saturated carbocycles. The van der Waals surface area contributed by atoms with Gasteiger partial charge in [0.1, 0.15) is 8.39 Å². The maximum Gasteiger partial charge on any atom is 0.188 e. The summed E-state index contributed by atoms with van der Waals surface area (Å²) >= 11 is 11.6. The molecule has 4 rings (SSSR count). The highest BCUT2D eigenvalue weighted by Crippen LogP contribution is 2.42. The van der Waals surface area contributed by atoms with E-state index in [-0.39, 0.29) is 0 Å². The van der Waals surface area contributed by atoms with Crippen LogP contribution in [0.5, 0.6) is 0 Å². The number of rotatable bonds is 4. The van der Waals surface area contributed by atoms with E-state index in [0.29, 0.717) is 21.6 Å². The molecule has 2 atom stereocenters. The Morgan fingerprint density at radius 2 is 1.11 bits per heavy atom. The average Bonchev–Trinajstić information content (AvgIpc) is 3.44. The molecule has 28 heavy (non-hydrogen) atoms. The Morgan fingerprint density at radius 1 is 0.714 bits per heavy atom. The van der Waals surface area contributed by atoms with Crippen molar-refractivity contribution in [1.82, 2.24) is 10.6 Å². The lowest BCUT2D eigenvalue weighted by Crippen LogP contribution is -2.45. The summed E-state index contributed by atoms with van der Waals surface area (Å²) in [7, 11) is 2.91. The quantitative estimate of drug-likeness (QED) is 0.538. The molecule has 0 radical (unpaired) electrons. The van der Waals surface area contributed by atoms with Crippen molar-refractivity contribution < 1.29 is 9.47 Å². The van der Waals surface area contributed by atoms with Crippen molar-refractivity contribution in [2.45, 2.75) is 11.4 Å². The smallest absolute Gasteiger partial charge is 0.188 e. The molecule has 0 bridgehead atoms. The Balaban J connectivity index is 1.51. The van der Waals surface area contributed by atoms with E-state index in [1.54, 1.807) is 0 Å². The van der Waals surface area contributed by atoms with Gasteiger partial charge in [-0.25, -0.2) is 0 Å². The Bertz CT molecular complexity index is 764. The van der Waals surface area contributed by atoms with Gasteiger partial charge in [-0.05, 0) is 21.6 Å². The van der Waals surface area contributed by atoms with Gasteiger partial charge < -0.3 is 9.47 Å². The predicted octanol–water partition coefficient (Wildman–Crippen LogP) is 3.97. The van der Waals surface area contributed by atoms with Gasteiger partial charge in [0.05, 0.1) is 13.2 Å². The van der Waals surface area contributed by atoms with Crippen LogP contribution >= 0.6 is 46.0 Å². The summed E-state index contributed by atoms with van der Waals surface area (Å²) in [4.78, 5) is 0. The molecule has 2 aromatic carbocycles. The molecule has 2 aliphatic heterocycles. The summed E-state index contributed by atoms with van der Waals surface area (Å²) in [5, 5.41) is 6.87. The normalized spacial score (nSPS) is 27.0. The second kappa shape index (κ2) is 8.89. The molecule has 2 N–H and O–H groups in total. The van der Waals surface area contributed by atoms with Gasteiger partial charge in [0.15, 0.2) is 11.4 Å². The van der Waals surface area contributed by atoms with Crippen LogP contribution in [-0.4, -0.2) is 34.7 Å². The first kappa shape index (κ1) is 20.4. The predicted molar refractivity (Wildman–Crippen MR) is 125 cm³/mol. The fourth-order valence-electron chi connectivity index (χ4n) is 3.37. The minimum absolute atomic E-state index is 0.614. The van der Waals surface area contributed by atoms with Crippen molar-refractivity contribution in [1.29, 1.82) is 0 Å². The first-order chi connectivity index (χ1) is 13.7. The molecule has 0 aliphatic carbocycles. The van der Waals surface area contributed by atoms with Crippen molar-refractivity contribution in [3.63, 3.8) is 0 Å². The van der Waals surface area contributed by atoms with Crippen LogP contribution in [0.1, 0.15) is 11.1 Å². The third-order valence-electron chi connectivity index (χ3n) is 4.72. The van der Waals surface area contributed by atoms with Crippen LogP contribution in [0.25, 0.3) is 0 Å². The van der Waals surface area contributed by atoms with Gasteiger partial charge >= 0.3 is 0 Å². The van der Waals surface area contributed by atoms with Gasteiger partial charge in [0, 0.05) is 24.2 Å². The molecule has 4 nitrogen and oxygen atoms in total. The molecule has 2 fully saturated rings. The van der Waals surface area contributed by atoms with Gasteiger partial charge in [0.25, 0.3) is 0 Å². The summed E-state index contributed by atoms with van der Waals surface area (Å²) in [6, 6.07) is 20.1. The van der Waals surface area contributed by atoms with E-state index in [9.17, 15) is 0 Å². The molecule has 2 heterocycles. The van der Waals surface area contributed by atoms with Gasteiger partial charge in [-0.3, -0.25) is 10.6 Å². The average molecular weight is 449 g/mol. The summed E-state index contributed by atoms with van der Waals surface area (Å²) in [5.74, 6) is 0. The van der Waals surface area contributed by atoms with E-state index in [2.05, 4.69) is 10.6 Å². The molecule has 0 amide bonds. The van der Waals surface area contributed by atoms with Crippen LogP contribution in [0, 0.1) is 0 Å². The Morgan fingerprint density at radius 3 is 1.43 bits per heavy atom. The fraction of sp³-hybridized carbons (Fsp3) is 0.300. The fourth-order valence-corrected chi connectivity index (χ4v) is 6.52. The van der Waals surface area contributed by atoms with Crippen LogP contribution in [-0.2, 0) is 20.9 Å². The largest absolute Gasteiger partial charge is 0.349 e. The number of nitrogens with one attached hydrogen (secondary N) is 2. The Labute approximate surface area is 183 Å². The second-order valence-corrected chi connectivity index (χ2v) is 9.87. The van der Waals surface area contributed by atoms with Crippen molar-refractivity contribution in [2.24, 2.45) is 0 Å². The molecule has 0 spiro atoms. The molecule has 2 saturated heterocycles. The van der Waals surface area contributed by atoms with Gasteiger partial charge in [-0.1, -0.05) is 85.1 Å². The van der Waals surface area contributed by atoms with E-state index in [4.69, 9.17) is 33.9 Å². The zero-order valence-corrected chi connectivity index (χ0v) is 18.3. The molecule has 0 aromatic heterocycles. The minimum Gasteiger partial charge on any atom is -0.349 e. The highest BCUT2D eigenvalue weighted by molar-refractivity contribution is 8.89. The molecular formula is C20H20N2O2S4. The van der Waals surface area contributed by atoms with E-state index in [0.717, 1.165) is 24.2 Å². The summed E-state index contributed by atoms with van der Waals surface area (Å²) in [6.07, 6.45) is 0. The van der Waals surface area contributed by atoms with Crippen LogP contribution < -0.4 is 10.6 Å². The van der Waals surface area contributed by atoms with Crippen molar-refractivity contribution in [2.75, 3.05) is 26.3 Å². The topological polar surface area (TPSA) is 42.5 Å². The van der Waals surface area contributed by atoms with E-state index >= 15 is 0 Å². The van der Waals surface area contributed by atoms with Crippen LogP contribution in [0.15, 0.2) is 60.7 Å².